The zero-order chi connectivity index (χ0) is 23.2. The van der Waals surface area contributed by atoms with Gasteiger partial charge < -0.3 is 10.1 Å². The molecule has 0 fully saturated rings. The van der Waals surface area contributed by atoms with E-state index in [1.54, 1.807) is 47.3 Å². The van der Waals surface area contributed by atoms with Crippen molar-refractivity contribution >= 4 is 23.4 Å². The van der Waals surface area contributed by atoms with Crippen molar-refractivity contribution in [1.82, 2.24) is 9.78 Å². The normalized spacial score (nSPS) is 10.8. The van der Waals surface area contributed by atoms with E-state index in [4.69, 9.17) is 4.74 Å². The van der Waals surface area contributed by atoms with Crippen molar-refractivity contribution in [3.8, 4) is 22.7 Å². The second-order valence-electron chi connectivity index (χ2n) is 7.04. The molecule has 164 valence electrons. The van der Waals surface area contributed by atoms with Crippen LogP contribution in [0.1, 0.15) is 5.56 Å². The number of hydrogen-bond donors (Lipinski definition) is 1. The van der Waals surface area contributed by atoms with Gasteiger partial charge in [0, 0.05) is 35.5 Å². The first-order valence-electron chi connectivity index (χ1n) is 10.1. The molecule has 0 atom stereocenters. The predicted octanol–water partition coefficient (Wildman–Crippen LogP) is 5.11. The number of nitrogens with zero attached hydrogens (tertiary/aromatic N) is 3. The van der Waals surface area contributed by atoms with E-state index in [-0.39, 0.29) is 11.6 Å². The number of carbonyl (C=O) groups is 1. The van der Waals surface area contributed by atoms with Gasteiger partial charge in [-0.1, -0.05) is 42.5 Å². The maximum atomic E-state index is 12.6. The van der Waals surface area contributed by atoms with Crippen LogP contribution in [0, 0.1) is 10.1 Å². The summed E-state index contributed by atoms with van der Waals surface area (Å²) < 4.78 is 6.93. The van der Waals surface area contributed by atoms with Crippen LogP contribution in [0.2, 0.25) is 0 Å². The maximum Gasteiger partial charge on any atom is 0.270 e. The Balaban J connectivity index is 1.69. The zero-order valence-electron chi connectivity index (χ0n) is 17.7. The van der Waals surface area contributed by atoms with Gasteiger partial charge in [0.05, 0.1) is 23.4 Å². The molecule has 0 radical (unpaired) electrons. The molecule has 3 aromatic carbocycles. The summed E-state index contributed by atoms with van der Waals surface area (Å²) in [5.74, 6) is 0.199. The molecule has 0 bridgehead atoms. The Kier molecular flexibility index (Phi) is 6.26. The van der Waals surface area contributed by atoms with E-state index in [0.717, 1.165) is 5.69 Å². The van der Waals surface area contributed by atoms with Crippen LogP contribution in [0.15, 0.2) is 91.1 Å². The van der Waals surface area contributed by atoms with Crippen molar-refractivity contribution in [2.45, 2.75) is 0 Å². The van der Waals surface area contributed by atoms with Crippen molar-refractivity contribution in [3.63, 3.8) is 0 Å². The highest BCUT2D eigenvalue weighted by Gasteiger charge is 2.14. The van der Waals surface area contributed by atoms with Crippen molar-refractivity contribution in [2.75, 3.05) is 12.4 Å². The molecular weight excluding hydrogens is 420 g/mol. The second kappa shape index (κ2) is 9.61. The number of nitro groups is 1. The van der Waals surface area contributed by atoms with Crippen LogP contribution >= 0.6 is 0 Å². The molecule has 4 rings (SSSR count). The summed E-state index contributed by atoms with van der Waals surface area (Å²) in [4.78, 5) is 23.3. The van der Waals surface area contributed by atoms with Crippen molar-refractivity contribution in [3.05, 3.63) is 107 Å². The van der Waals surface area contributed by atoms with E-state index >= 15 is 0 Å². The third kappa shape index (κ3) is 4.96. The van der Waals surface area contributed by atoms with Crippen LogP contribution in [0.25, 0.3) is 23.0 Å². The fourth-order valence-corrected chi connectivity index (χ4v) is 3.30. The van der Waals surface area contributed by atoms with Crippen molar-refractivity contribution in [1.29, 1.82) is 0 Å². The van der Waals surface area contributed by atoms with Crippen LogP contribution < -0.4 is 10.1 Å². The van der Waals surface area contributed by atoms with Crippen molar-refractivity contribution in [2.24, 2.45) is 0 Å². The van der Waals surface area contributed by atoms with Gasteiger partial charge in [0.2, 0.25) is 5.91 Å². The molecule has 0 aliphatic carbocycles. The minimum atomic E-state index is -0.451. The van der Waals surface area contributed by atoms with Crippen LogP contribution in [-0.2, 0) is 4.79 Å². The highest BCUT2D eigenvalue weighted by molar-refractivity contribution is 6.03. The van der Waals surface area contributed by atoms with E-state index in [1.807, 2.05) is 36.4 Å². The van der Waals surface area contributed by atoms with Gasteiger partial charge in [-0.25, -0.2) is 4.68 Å². The number of hydrogen-bond acceptors (Lipinski definition) is 5. The van der Waals surface area contributed by atoms with E-state index in [9.17, 15) is 14.9 Å². The number of para-hydroxylation sites is 3. The van der Waals surface area contributed by atoms with Gasteiger partial charge in [-0.3, -0.25) is 14.9 Å². The smallest absolute Gasteiger partial charge is 0.270 e. The zero-order valence-corrected chi connectivity index (χ0v) is 17.7. The lowest BCUT2D eigenvalue weighted by Crippen LogP contribution is -2.08. The predicted molar refractivity (Wildman–Crippen MR) is 126 cm³/mol. The van der Waals surface area contributed by atoms with Crippen LogP contribution in [0.3, 0.4) is 0 Å². The number of aromatic nitrogens is 2. The minimum absolute atomic E-state index is 0.0365. The molecule has 8 heteroatoms. The maximum absolute atomic E-state index is 12.6. The molecule has 0 saturated heterocycles. The first-order valence-corrected chi connectivity index (χ1v) is 10.1. The van der Waals surface area contributed by atoms with Gasteiger partial charge in [-0.05, 0) is 30.3 Å². The molecule has 1 aromatic heterocycles. The fourth-order valence-electron chi connectivity index (χ4n) is 3.30. The first kappa shape index (κ1) is 21.5. The van der Waals surface area contributed by atoms with Crippen LogP contribution in [-0.4, -0.2) is 27.7 Å². The summed E-state index contributed by atoms with van der Waals surface area (Å²) >= 11 is 0. The van der Waals surface area contributed by atoms with Gasteiger partial charge in [-0.15, -0.1) is 0 Å². The quantitative estimate of drug-likeness (QED) is 0.245. The molecule has 1 N–H and O–H groups in total. The van der Waals surface area contributed by atoms with Gasteiger partial charge in [0.1, 0.15) is 11.4 Å². The summed E-state index contributed by atoms with van der Waals surface area (Å²) in [5.41, 5.74) is 3.06. The Hall–Kier alpha value is -4.72. The Bertz CT molecular complexity index is 1330. The molecule has 0 spiro atoms. The topological polar surface area (TPSA) is 99.3 Å². The lowest BCUT2D eigenvalue weighted by Gasteiger charge is -2.07. The number of ether oxygens (including phenoxy) is 1. The minimum Gasteiger partial charge on any atom is -0.495 e. The fraction of sp³-hybridized carbons (Fsp3) is 0.0400. The first-order chi connectivity index (χ1) is 16.0. The molecule has 0 aliphatic heterocycles. The molecule has 0 saturated carbocycles. The summed E-state index contributed by atoms with van der Waals surface area (Å²) in [7, 11) is 1.53. The monoisotopic (exact) mass is 440 g/mol. The Morgan fingerprint density at radius 3 is 2.58 bits per heavy atom. The number of methoxy groups -OCH3 is 1. The summed E-state index contributed by atoms with van der Waals surface area (Å²) in [6, 6.07) is 22.8. The van der Waals surface area contributed by atoms with Crippen molar-refractivity contribution < 1.29 is 14.5 Å². The van der Waals surface area contributed by atoms with Gasteiger partial charge >= 0.3 is 0 Å². The highest BCUT2D eigenvalue weighted by atomic mass is 16.6. The summed E-state index contributed by atoms with van der Waals surface area (Å²) in [6.45, 7) is 0. The second-order valence-corrected chi connectivity index (χ2v) is 7.04. The molecular formula is C25H20N4O4. The molecule has 33 heavy (non-hydrogen) atoms. The van der Waals surface area contributed by atoms with Gasteiger partial charge in [0.15, 0.2) is 0 Å². The van der Waals surface area contributed by atoms with E-state index in [0.29, 0.717) is 28.3 Å². The standard InChI is InChI=1S/C25H20N4O4/c1-33-23-13-6-5-12-22(23)26-24(30)15-14-19-17-28(20-9-3-2-4-10-20)27-25(19)18-8-7-11-21(16-18)29(31)32/h2-17H,1H3,(H,26,30)/b15-14-. The molecule has 0 unspecified atom stereocenters. The SMILES string of the molecule is COc1ccccc1NC(=O)/C=C\c1cn(-c2ccccc2)nc1-c1cccc([N+](=O)[O-])c1. The average Bonchev–Trinajstić information content (AvgIpc) is 3.28. The highest BCUT2D eigenvalue weighted by Crippen LogP contribution is 2.28. The van der Waals surface area contributed by atoms with E-state index in [2.05, 4.69) is 10.4 Å². The lowest BCUT2D eigenvalue weighted by molar-refractivity contribution is -0.384. The van der Waals surface area contributed by atoms with Gasteiger partial charge in [-0.2, -0.15) is 5.10 Å². The summed E-state index contributed by atoms with van der Waals surface area (Å²) in [5, 5.41) is 18.7. The van der Waals surface area contributed by atoms with E-state index < -0.39 is 4.92 Å². The average molecular weight is 440 g/mol. The number of nitrogens with one attached hydrogen (secondary N) is 1. The number of non-ortho nitro benzene ring substituents is 1. The number of benzene rings is 3. The number of nitro benzene ring substituents is 1. The number of carbonyl (C=O) groups excluding carboxylic acids is 1. The summed E-state index contributed by atoms with van der Waals surface area (Å²) in [6.07, 6.45) is 4.79. The third-order valence-electron chi connectivity index (χ3n) is 4.87. The Labute approximate surface area is 189 Å². The van der Waals surface area contributed by atoms with E-state index in [1.165, 1.54) is 25.3 Å². The molecule has 4 aromatic rings. The number of amides is 1. The molecule has 8 nitrogen and oxygen atoms in total. The van der Waals surface area contributed by atoms with Gasteiger partial charge in [0.25, 0.3) is 5.69 Å². The number of rotatable bonds is 7. The Morgan fingerprint density at radius 1 is 1.06 bits per heavy atom. The molecule has 1 amide bonds. The largest absolute Gasteiger partial charge is 0.495 e. The third-order valence-corrected chi connectivity index (χ3v) is 4.87. The lowest BCUT2D eigenvalue weighted by atomic mass is 10.1. The van der Waals surface area contributed by atoms with Crippen LogP contribution in [0.4, 0.5) is 11.4 Å². The molecule has 1 heterocycles. The Morgan fingerprint density at radius 2 is 1.82 bits per heavy atom. The van der Waals surface area contributed by atoms with Crippen LogP contribution in [0.5, 0.6) is 5.75 Å². The molecule has 0 aliphatic rings. The number of anilines is 1.